The molecule has 0 saturated carbocycles. The van der Waals surface area contributed by atoms with Crippen LogP contribution in [0.15, 0.2) is 34.8 Å². The molecule has 24 heavy (non-hydrogen) atoms. The number of fused-ring (bicyclic) bond motifs is 1. The van der Waals surface area contributed by atoms with Crippen LogP contribution in [0.1, 0.15) is 31.1 Å². The standard InChI is InChI=1S/C17H20N4OS2/c1-10(2)8-19-16-20-21-17(24-16)23-11(3)15(22)13-9-18-14-7-5-4-6-12(13)14/h4-7,9-11,18H,8H2,1-3H3,(H,19,20). The zero-order valence-corrected chi connectivity index (χ0v) is 15.5. The topological polar surface area (TPSA) is 70.7 Å². The monoisotopic (exact) mass is 360 g/mol. The number of benzene rings is 1. The Morgan fingerprint density at radius 1 is 1.29 bits per heavy atom. The highest BCUT2D eigenvalue weighted by Gasteiger charge is 2.21. The highest BCUT2D eigenvalue weighted by molar-refractivity contribution is 8.02. The number of H-pyrrole nitrogens is 1. The fraction of sp³-hybridized carbons (Fsp3) is 0.353. The summed E-state index contributed by atoms with van der Waals surface area (Å²) >= 11 is 2.95. The van der Waals surface area contributed by atoms with Crippen molar-refractivity contribution in [2.75, 3.05) is 11.9 Å². The molecule has 5 nitrogen and oxygen atoms in total. The Balaban J connectivity index is 1.68. The number of hydrogen-bond acceptors (Lipinski definition) is 6. The van der Waals surface area contributed by atoms with E-state index in [1.54, 1.807) is 6.20 Å². The van der Waals surface area contributed by atoms with Crippen LogP contribution in [-0.2, 0) is 0 Å². The first kappa shape index (κ1) is 17.0. The Kier molecular flexibility index (Phi) is 5.20. The maximum absolute atomic E-state index is 12.7. The van der Waals surface area contributed by atoms with Crippen molar-refractivity contribution in [3.63, 3.8) is 0 Å². The highest BCUT2D eigenvalue weighted by atomic mass is 32.2. The van der Waals surface area contributed by atoms with E-state index >= 15 is 0 Å². The van der Waals surface area contributed by atoms with Crippen LogP contribution >= 0.6 is 23.1 Å². The molecule has 0 amide bonds. The normalized spacial score (nSPS) is 12.7. The second kappa shape index (κ2) is 7.36. The van der Waals surface area contributed by atoms with Gasteiger partial charge in [0.25, 0.3) is 0 Å². The quantitative estimate of drug-likeness (QED) is 0.481. The molecule has 3 aromatic rings. The number of ketones is 1. The van der Waals surface area contributed by atoms with Crippen LogP contribution in [-0.4, -0.2) is 32.8 Å². The fourth-order valence-electron chi connectivity index (χ4n) is 2.32. The molecule has 0 aliphatic carbocycles. The molecule has 0 spiro atoms. The minimum atomic E-state index is -0.213. The summed E-state index contributed by atoms with van der Waals surface area (Å²) in [6.07, 6.45) is 1.79. The lowest BCUT2D eigenvalue weighted by molar-refractivity contribution is 0.0995. The Morgan fingerprint density at radius 3 is 2.88 bits per heavy atom. The van der Waals surface area contributed by atoms with E-state index in [-0.39, 0.29) is 11.0 Å². The lowest BCUT2D eigenvalue weighted by Gasteiger charge is -2.07. The summed E-state index contributed by atoms with van der Waals surface area (Å²) in [5, 5.41) is 13.1. The number of rotatable bonds is 7. The van der Waals surface area contributed by atoms with Crippen LogP contribution in [0.4, 0.5) is 5.13 Å². The zero-order valence-electron chi connectivity index (χ0n) is 13.9. The lowest BCUT2D eigenvalue weighted by atomic mass is 10.1. The summed E-state index contributed by atoms with van der Waals surface area (Å²) in [7, 11) is 0. The van der Waals surface area contributed by atoms with Gasteiger partial charge in [0.2, 0.25) is 5.13 Å². The third-order valence-electron chi connectivity index (χ3n) is 3.57. The molecule has 0 fully saturated rings. The van der Waals surface area contributed by atoms with Gasteiger partial charge in [-0.2, -0.15) is 0 Å². The van der Waals surface area contributed by atoms with Crippen LogP contribution in [0.2, 0.25) is 0 Å². The number of thioether (sulfide) groups is 1. The Labute approximate surface area is 149 Å². The number of carbonyl (C=O) groups is 1. The zero-order chi connectivity index (χ0) is 17.1. The van der Waals surface area contributed by atoms with Gasteiger partial charge in [0.05, 0.1) is 5.25 Å². The van der Waals surface area contributed by atoms with E-state index in [0.29, 0.717) is 5.92 Å². The third kappa shape index (κ3) is 3.79. The Hall–Kier alpha value is -1.86. The molecule has 2 heterocycles. The van der Waals surface area contributed by atoms with Crippen molar-refractivity contribution < 1.29 is 4.79 Å². The Bertz CT molecular complexity index is 840. The van der Waals surface area contributed by atoms with Crippen molar-refractivity contribution in [1.29, 1.82) is 0 Å². The van der Waals surface area contributed by atoms with Gasteiger partial charge in [-0.15, -0.1) is 10.2 Å². The molecular weight excluding hydrogens is 340 g/mol. The molecule has 0 saturated heterocycles. The predicted molar refractivity (Wildman–Crippen MR) is 101 cm³/mol. The molecular formula is C17H20N4OS2. The van der Waals surface area contributed by atoms with Gasteiger partial charge in [0.1, 0.15) is 0 Å². The lowest BCUT2D eigenvalue weighted by Crippen LogP contribution is -2.12. The van der Waals surface area contributed by atoms with Crippen LogP contribution in [0, 0.1) is 5.92 Å². The maximum atomic E-state index is 12.7. The van der Waals surface area contributed by atoms with Crippen molar-refractivity contribution in [3.8, 4) is 0 Å². The number of hydrogen-bond donors (Lipinski definition) is 2. The third-order valence-corrected chi connectivity index (χ3v) is 5.63. The first-order valence-electron chi connectivity index (χ1n) is 7.89. The number of anilines is 1. The average Bonchev–Trinajstić information content (AvgIpc) is 3.18. The predicted octanol–water partition coefficient (Wildman–Crippen LogP) is 4.45. The van der Waals surface area contributed by atoms with E-state index in [1.165, 1.54) is 23.1 Å². The van der Waals surface area contributed by atoms with Gasteiger partial charge in [0, 0.05) is 29.2 Å². The summed E-state index contributed by atoms with van der Waals surface area (Å²) in [4.78, 5) is 15.9. The molecule has 0 radical (unpaired) electrons. The molecule has 0 bridgehead atoms. The minimum absolute atomic E-state index is 0.101. The van der Waals surface area contributed by atoms with Gasteiger partial charge >= 0.3 is 0 Å². The number of nitrogens with one attached hydrogen (secondary N) is 2. The largest absolute Gasteiger partial charge is 0.360 e. The number of aromatic nitrogens is 3. The van der Waals surface area contributed by atoms with Gasteiger partial charge in [-0.1, -0.05) is 55.1 Å². The van der Waals surface area contributed by atoms with E-state index in [2.05, 4.69) is 34.3 Å². The van der Waals surface area contributed by atoms with Crippen LogP contribution < -0.4 is 5.32 Å². The van der Waals surface area contributed by atoms with Gasteiger partial charge in [0.15, 0.2) is 10.1 Å². The van der Waals surface area contributed by atoms with E-state index in [1.807, 2.05) is 31.2 Å². The molecule has 126 valence electrons. The summed E-state index contributed by atoms with van der Waals surface area (Å²) in [6, 6.07) is 7.84. The SMILES string of the molecule is CC(C)CNc1nnc(SC(C)C(=O)c2c[nH]c3ccccc23)s1. The maximum Gasteiger partial charge on any atom is 0.206 e. The second-order valence-electron chi connectivity index (χ2n) is 6.02. The number of nitrogens with zero attached hydrogens (tertiary/aromatic N) is 2. The van der Waals surface area contributed by atoms with Gasteiger partial charge in [-0.25, -0.2) is 0 Å². The molecule has 1 atom stereocenters. The van der Waals surface area contributed by atoms with Crippen molar-refractivity contribution in [2.45, 2.75) is 30.4 Å². The van der Waals surface area contributed by atoms with E-state index < -0.39 is 0 Å². The van der Waals surface area contributed by atoms with Crippen LogP contribution in [0.3, 0.4) is 0 Å². The van der Waals surface area contributed by atoms with Gasteiger partial charge < -0.3 is 10.3 Å². The van der Waals surface area contributed by atoms with Crippen molar-refractivity contribution in [3.05, 3.63) is 36.0 Å². The summed E-state index contributed by atoms with van der Waals surface area (Å²) < 4.78 is 0.807. The van der Waals surface area contributed by atoms with E-state index in [4.69, 9.17) is 0 Å². The summed E-state index contributed by atoms with van der Waals surface area (Å²) in [5.41, 5.74) is 1.71. The van der Waals surface area contributed by atoms with Crippen molar-refractivity contribution >= 4 is 44.9 Å². The molecule has 3 rings (SSSR count). The second-order valence-corrected chi connectivity index (χ2v) is 8.59. The molecule has 1 unspecified atom stereocenters. The molecule has 0 aliphatic rings. The smallest absolute Gasteiger partial charge is 0.206 e. The number of carbonyl (C=O) groups excluding carboxylic acids is 1. The van der Waals surface area contributed by atoms with Gasteiger partial charge in [-0.05, 0) is 18.9 Å². The highest BCUT2D eigenvalue weighted by Crippen LogP contribution is 2.31. The average molecular weight is 361 g/mol. The molecule has 2 N–H and O–H groups in total. The molecule has 2 aromatic heterocycles. The summed E-state index contributed by atoms with van der Waals surface area (Å²) in [6.45, 7) is 7.07. The Morgan fingerprint density at radius 2 is 2.08 bits per heavy atom. The van der Waals surface area contributed by atoms with Crippen LogP contribution in [0.5, 0.6) is 0 Å². The van der Waals surface area contributed by atoms with E-state index in [9.17, 15) is 4.79 Å². The number of para-hydroxylation sites is 1. The first-order chi connectivity index (χ1) is 11.5. The van der Waals surface area contributed by atoms with Gasteiger partial charge in [-0.3, -0.25) is 4.79 Å². The minimum Gasteiger partial charge on any atom is -0.360 e. The van der Waals surface area contributed by atoms with Crippen molar-refractivity contribution in [2.24, 2.45) is 5.92 Å². The number of Topliss-reactive ketones (excluding diaryl/α,β-unsaturated/α-hetero) is 1. The molecule has 7 heteroatoms. The number of aromatic amines is 1. The first-order valence-corrected chi connectivity index (χ1v) is 9.58. The van der Waals surface area contributed by atoms with E-state index in [0.717, 1.165) is 32.5 Å². The molecule has 0 aliphatic heterocycles. The molecule has 1 aromatic carbocycles. The fourth-order valence-corrected chi connectivity index (χ4v) is 4.29. The summed E-state index contributed by atoms with van der Waals surface area (Å²) in [5.74, 6) is 0.650. The van der Waals surface area contributed by atoms with Crippen LogP contribution in [0.25, 0.3) is 10.9 Å². The van der Waals surface area contributed by atoms with Crippen molar-refractivity contribution in [1.82, 2.24) is 15.2 Å².